The van der Waals surface area contributed by atoms with Crippen molar-refractivity contribution in [1.29, 1.82) is 0 Å². The lowest BCUT2D eigenvalue weighted by Crippen LogP contribution is -2.45. The maximum atomic E-state index is 13.0. The van der Waals surface area contributed by atoms with Crippen LogP contribution >= 0.6 is 0 Å². The van der Waals surface area contributed by atoms with E-state index in [0.717, 1.165) is 148 Å². The first-order chi connectivity index (χ1) is 34.3. The summed E-state index contributed by atoms with van der Waals surface area (Å²) in [5.74, 6) is 0.679. The smallest absolute Gasteiger partial charge is 0.307 e. The molecule has 0 saturated carbocycles. The van der Waals surface area contributed by atoms with E-state index in [9.17, 15) is 14.4 Å². The van der Waals surface area contributed by atoms with Gasteiger partial charge in [-0.25, -0.2) is 0 Å². The Morgan fingerprint density at radius 3 is 1.60 bits per heavy atom. The molecule has 0 radical (unpaired) electrons. The molecule has 0 aromatic heterocycles. The molecule has 1 unspecified atom stereocenters. The van der Waals surface area contributed by atoms with Gasteiger partial charge in [0.25, 0.3) is 0 Å². The zero-order valence-corrected chi connectivity index (χ0v) is 46.9. The molecule has 0 amide bonds. The van der Waals surface area contributed by atoms with E-state index in [-0.39, 0.29) is 36.2 Å². The number of carbonyl (C=O) groups is 3. The highest BCUT2D eigenvalue weighted by atomic mass is 16.5. The lowest BCUT2D eigenvalue weighted by Gasteiger charge is -2.32. The molecule has 0 spiro atoms. The lowest BCUT2D eigenvalue weighted by atomic mass is 9.91. The first-order valence-corrected chi connectivity index (χ1v) is 30.5. The minimum Gasteiger partial charge on any atom is -0.466 e. The maximum absolute atomic E-state index is 13.0. The second-order valence-electron chi connectivity index (χ2n) is 21.9. The van der Waals surface area contributed by atoms with Crippen molar-refractivity contribution in [1.82, 2.24) is 14.7 Å². The summed E-state index contributed by atoms with van der Waals surface area (Å²) >= 11 is 0. The summed E-state index contributed by atoms with van der Waals surface area (Å²) in [5, 5.41) is 0. The van der Waals surface area contributed by atoms with Crippen LogP contribution in [0.2, 0.25) is 0 Å². The zero-order valence-electron chi connectivity index (χ0n) is 46.9. The number of unbranched alkanes of at least 4 members (excludes halogenated alkanes) is 22. The third kappa shape index (κ3) is 36.2. The number of piperazine rings is 1. The van der Waals surface area contributed by atoms with Crippen molar-refractivity contribution in [3.05, 3.63) is 0 Å². The summed E-state index contributed by atoms with van der Waals surface area (Å²) in [7, 11) is 2.16. The van der Waals surface area contributed by atoms with Crippen molar-refractivity contribution in [2.75, 3.05) is 72.7 Å². The molecule has 10 heteroatoms. The molecule has 2 heterocycles. The fourth-order valence-electron chi connectivity index (χ4n) is 10.6. The molecule has 2 aliphatic heterocycles. The van der Waals surface area contributed by atoms with E-state index in [4.69, 9.17) is 18.9 Å². The van der Waals surface area contributed by atoms with E-state index in [1.54, 1.807) is 0 Å². The van der Waals surface area contributed by atoms with Crippen LogP contribution in [0.4, 0.5) is 0 Å². The molecule has 10 nitrogen and oxygen atoms in total. The average molecular weight is 991 g/mol. The monoisotopic (exact) mass is 990 g/mol. The van der Waals surface area contributed by atoms with Crippen LogP contribution in [-0.4, -0.2) is 124 Å². The minimum atomic E-state index is -0.0827. The number of hydrogen-bond donors (Lipinski definition) is 0. The summed E-state index contributed by atoms with van der Waals surface area (Å²) < 4.78 is 24.1. The van der Waals surface area contributed by atoms with E-state index in [1.165, 1.54) is 135 Å². The topological polar surface area (TPSA) is 97.9 Å². The number of rotatable bonds is 49. The Kier molecular flexibility index (Phi) is 42.1. The molecule has 2 atom stereocenters. The van der Waals surface area contributed by atoms with Gasteiger partial charge < -0.3 is 28.7 Å². The van der Waals surface area contributed by atoms with Gasteiger partial charge in [-0.1, -0.05) is 182 Å². The van der Waals surface area contributed by atoms with Gasteiger partial charge in [0.05, 0.1) is 19.6 Å². The highest BCUT2D eigenvalue weighted by Crippen LogP contribution is 2.25. The molecule has 0 aliphatic carbocycles. The van der Waals surface area contributed by atoms with Gasteiger partial charge in [0.15, 0.2) is 0 Å². The van der Waals surface area contributed by atoms with Crippen LogP contribution in [0.25, 0.3) is 0 Å². The van der Waals surface area contributed by atoms with Gasteiger partial charge in [-0.3, -0.25) is 19.3 Å². The van der Waals surface area contributed by atoms with Crippen LogP contribution in [0, 0.1) is 5.92 Å². The van der Waals surface area contributed by atoms with E-state index in [0.29, 0.717) is 32.5 Å². The number of likely N-dealkylation sites (tertiary alicyclic amines) is 1. The fourth-order valence-corrected chi connectivity index (χ4v) is 10.6. The predicted molar refractivity (Wildman–Crippen MR) is 292 cm³/mol. The molecule has 0 aromatic rings. The van der Waals surface area contributed by atoms with E-state index in [1.807, 2.05) is 0 Å². The van der Waals surface area contributed by atoms with Crippen LogP contribution < -0.4 is 0 Å². The Bertz CT molecular complexity index is 1190. The molecule has 2 rings (SSSR count). The van der Waals surface area contributed by atoms with Crippen molar-refractivity contribution >= 4 is 17.9 Å². The first kappa shape index (κ1) is 64.4. The average Bonchev–Trinajstić information content (AvgIpc) is 3.73. The lowest BCUT2D eigenvalue weighted by molar-refractivity contribution is -0.150. The molecule has 0 N–H and O–H groups in total. The van der Waals surface area contributed by atoms with Crippen LogP contribution in [-0.2, 0) is 33.3 Å². The summed E-state index contributed by atoms with van der Waals surface area (Å²) in [6.45, 7) is 17.7. The van der Waals surface area contributed by atoms with Gasteiger partial charge in [0.1, 0.15) is 12.2 Å². The largest absolute Gasteiger partial charge is 0.466 e. The summed E-state index contributed by atoms with van der Waals surface area (Å²) in [5.41, 5.74) is 0. The zero-order chi connectivity index (χ0) is 50.5. The fraction of sp³-hybridized carbons (Fsp3) is 0.950. The van der Waals surface area contributed by atoms with E-state index in [2.05, 4.69) is 49.4 Å². The van der Waals surface area contributed by atoms with Crippen molar-refractivity contribution in [3.63, 3.8) is 0 Å². The third-order valence-corrected chi connectivity index (χ3v) is 15.3. The SMILES string of the molecule is CCCCCCCCC(CCCCCCCC)OC(=O)CCCCCCCOCC1C[C@H](OC(=O)CCN2CCN(C)CC2)CN1CCCCCCCC(=O)OCCCC(CCCCC)CCCCC. The maximum Gasteiger partial charge on any atom is 0.307 e. The number of carbonyl (C=O) groups excluding carboxylic acids is 3. The van der Waals surface area contributed by atoms with Gasteiger partial charge >= 0.3 is 17.9 Å². The summed E-state index contributed by atoms with van der Waals surface area (Å²) in [6.07, 6.45) is 42.8. The minimum absolute atomic E-state index is 0.00227. The van der Waals surface area contributed by atoms with Crippen LogP contribution in [0.15, 0.2) is 0 Å². The standard InChI is InChI=1S/C60H115N3O7/c1-6-10-14-16-20-28-38-56(39-29-21-17-15-11-7-2)69-59(65)41-31-23-19-25-33-49-67-53-55-51-57(70-60(66)42-44-62-47-45-61(5)46-48-62)52-63(55)43-32-24-18-22-30-40-58(64)68-50-34-37-54(35-26-12-8-3)36-27-13-9-4/h54-57H,6-53H2,1-5H3/t55?,57-/m0/s1. The Hall–Kier alpha value is -1.75. The quantitative estimate of drug-likeness (QED) is 0.0333. The van der Waals surface area contributed by atoms with Crippen LogP contribution in [0.1, 0.15) is 272 Å². The second-order valence-corrected chi connectivity index (χ2v) is 21.9. The van der Waals surface area contributed by atoms with Crippen LogP contribution in [0.3, 0.4) is 0 Å². The second kappa shape index (κ2) is 45.8. The number of nitrogens with zero attached hydrogens (tertiary/aromatic N) is 3. The predicted octanol–water partition coefficient (Wildman–Crippen LogP) is 14.8. The van der Waals surface area contributed by atoms with E-state index < -0.39 is 0 Å². The summed E-state index contributed by atoms with van der Waals surface area (Å²) in [4.78, 5) is 45.6. The molecule has 2 aliphatic rings. The molecule has 2 fully saturated rings. The van der Waals surface area contributed by atoms with Gasteiger partial charge in [0.2, 0.25) is 0 Å². The van der Waals surface area contributed by atoms with Gasteiger partial charge in [-0.2, -0.15) is 0 Å². The number of likely N-dealkylation sites (N-methyl/N-ethyl adjacent to an activating group) is 1. The molecule has 0 aromatic carbocycles. The van der Waals surface area contributed by atoms with Gasteiger partial charge in [-0.15, -0.1) is 0 Å². The Labute approximate surface area is 432 Å². The van der Waals surface area contributed by atoms with Crippen molar-refractivity contribution in [3.8, 4) is 0 Å². The van der Waals surface area contributed by atoms with Crippen molar-refractivity contribution < 1.29 is 33.3 Å². The normalized spacial score (nSPS) is 17.0. The third-order valence-electron chi connectivity index (χ3n) is 15.3. The van der Waals surface area contributed by atoms with Gasteiger partial charge in [-0.05, 0) is 83.7 Å². The van der Waals surface area contributed by atoms with Gasteiger partial charge in [0, 0.05) is 71.2 Å². The highest BCUT2D eigenvalue weighted by Gasteiger charge is 2.34. The summed E-state index contributed by atoms with van der Waals surface area (Å²) in [6, 6.07) is 0.255. The highest BCUT2D eigenvalue weighted by molar-refractivity contribution is 5.70. The van der Waals surface area contributed by atoms with Crippen molar-refractivity contribution in [2.24, 2.45) is 5.92 Å². The molecular formula is C60H115N3O7. The Morgan fingerprint density at radius 2 is 0.986 bits per heavy atom. The number of esters is 3. The Balaban J connectivity index is 1.67. The van der Waals surface area contributed by atoms with Crippen LogP contribution in [0.5, 0.6) is 0 Å². The molecule has 2 saturated heterocycles. The molecule has 70 heavy (non-hydrogen) atoms. The first-order valence-electron chi connectivity index (χ1n) is 30.5. The molecule has 0 bridgehead atoms. The number of hydrogen-bond acceptors (Lipinski definition) is 10. The van der Waals surface area contributed by atoms with E-state index >= 15 is 0 Å². The Morgan fingerprint density at radius 1 is 0.486 bits per heavy atom. The van der Waals surface area contributed by atoms with Crippen molar-refractivity contribution in [2.45, 2.75) is 290 Å². The number of ether oxygens (including phenoxy) is 4. The molecule has 412 valence electrons. The molecular weight excluding hydrogens is 875 g/mol.